The van der Waals surface area contributed by atoms with Gasteiger partial charge in [-0.2, -0.15) is 0 Å². The monoisotopic (exact) mass is 584 g/mol. The Balaban J connectivity index is 1.78. The molecule has 0 radical (unpaired) electrons. The Labute approximate surface area is 233 Å². The summed E-state index contributed by atoms with van der Waals surface area (Å²) in [5.74, 6) is 0.488. The maximum atomic E-state index is 13.6. The molecule has 2 atom stereocenters. The topological polar surface area (TPSA) is 58.6 Å². The molecular formula is C30H34BrClN2O3. The van der Waals surface area contributed by atoms with Crippen LogP contribution >= 0.6 is 27.5 Å². The second kappa shape index (κ2) is 14.8. The molecule has 37 heavy (non-hydrogen) atoms. The molecular weight excluding hydrogens is 552 g/mol. The average molecular weight is 586 g/mol. The zero-order valence-corrected chi connectivity index (χ0v) is 23.7. The van der Waals surface area contributed by atoms with Crippen LogP contribution in [0, 0.1) is 0 Å². The van der Waals surface area contributed by atoms with Gasteiger partial charge in [0.25, 0.3) is 0 Å². The molecule has 0 saturated carbocycles. The first-order valence-corrected chi connectivity index (χ1v) is 13.8. The van der Waals surface area contributed by atoms with Crippen molar-refractivity contribution in [3.63, 3.8) is 0 Å². The van der Waals surface area contributed by atoms with E-state index in [2.05, 4.69) is 21.2 Å². The third-order valence-corrected chi connectivity index (χ3v) is 6.94. The van der Waals surface area contributed by atoms with Crippen molar-refractivity contribution in [2.45, 2.75) is 58.2 Å². The van der Waals surface area contributed by atoms with Gasteiger partial charge in [0.1, 0.15) is 11.8 Å². The highest BCUT2D eigenvalue weighted by atomic mass is 79.9. The van der Waals surface area contributed by atoms with Crippen LogP contribution in [0.25, 0.3) is 0 Å². The van der Waals surface area contributed by atoms with Gasteiger partial charge in [0, 0.05) is 34.9 Å². The smallest absolute Gasteiger partial charge is 0.243 e. The Kier molecular flexibility index (Phi) is 11.5. The van der Waals surface area contributed by atoms with Crippen molar-refractivity contribution in [1.82, 2.24) is 10.2 Å². The molecule has 0 heterocycles. The average Bonchev–Trinajstić information content (AvgIpc) is 2.91. The van der Waals surface area contributed by atoms with Gasteiger partial charge in [0.2, 0.25) is 11.8 Å². The van der Waals surface area contributed by atoms with Crippen LogP contribution in [-0.2, 0) is 22.6 Å². The first-order valence-electron chi connectivity index (χ1n) is 12.6. The number of hydrogen-bond donors (Lipinski definition) is 1. The summed E-state index contributed by atoms with van der Waals surface area (Å²) in [6.45, 7) is 4.74. The summed E-state index contributed by atoms with van der Waals surface area (Å²) in [7, 11) is 0. The van der Waals surface area contributed by atoms with E-state index in [1.54, 1.807) is 29.2 Å². The fraction of sp³-hybridized carbons (Fsp3) is 0.333. The normalized spacial score (nSPS) is 12.4. The number of nitrogens with zero attached hydrogens (tertiary/aromatic N) is 1. The molecule has 0 aromatic heterocycles. The van der Waals surface area contributed by atoms with Crippen LogP contribution in [0.2, 0.25) is 5.02 Å². The van der Waals surface area contributed by atoms with Crippen molar-refractivity contribution in [3.05, 3.63) is 99.5 Å². The molecule has 0 aliphatic heterocycles. The third kappa shape index (κ3) is 9.52. The van der Waals surface area contributed by atoms with Gasteiger partial charge in [0.15, 0.2) is 0 Å². The fourth-order valence-corrected chi connectivity index (χ4v) is 4.26. The first kappa shape index (κ1) is 28.7. The SMILES string of the molecule is CCC(C)NC(=O)C(Cc1ccccc1)N(Cc1ccc(Br)cc1)C(=O)CCCOc1ccc(Cl)cc1. The quantitative estimate of drug-likeness (QED) is 0.224. The van der Waals surface area contributed by atoms with Crippen LogP contribution in [-0.4, -0.2) is 35.4 Å². The molecule has 0 bridgehead atoms. The lowest BCUT2D eigenvalue weighted by Crippen LogP contribution is -2.52. The Morgan fingerprint density at radius 3 is 2.30 bits per heavy atom. The fourth-order valence-electron chi connectivity index (χ4n) is 3.87. The number of carbonyl (C=O) groups is 2. The highest BCUT2D eigenvalue weighted by Gasteiger charge is 2.30. The van der Waals surface area contributed by atoms with Crippen molar-refractivity contribution < 1.29 is 14.3 Å². The first-order chi connectivity index (χ1) is 17.9. The highest BCUT2D eigenvalue weighted by Crippen LogP contribution is 2.19. The Hall–Kier alpha value is -2.83. The summed E-state index contributed by atoms with van der Waals surface area (Å²) in [6.07, 6.45) is 2.05. The van der Waals surface area contributed by atoms with Crippen molar-refractivity contribution in [2.75, 3.05) is 6.61 Å². The number of ether oxygens (including phenoxy) is 1. The van der Waals surface area contributed by atoms with E-state index < -0.39 is 6.04 Å². The predicted molar refractivity (Wildman–Crippen MR) is 153 cm³/mol. The van der Waals surface area contributed by atoms with Crippen LogP contribution in [0.1, 0.15) is 44.2 Å². The minimum Gasteiger partial charge on any atom is -0.494 e. The maximum Gasteiger partial charge on any atom is 0.243 e. The third-order valence-electron chi connectivity index (χ3n) is 6.16. The molecule has 0 saturated heterocycles. The number of halogens is 2. The largest absolute Gasteiger partial charge is 0.494 e. The van der Waals surface area contributed by atoms with E-state index in [1.807, 2.05) is 68.4 Å². The van der Waals surface area contributed by atoms with Crippen molar-refractivity contribution in [1.29, 1.82) is 0 Å². The van der Waals surface area contributed by atoms with Gasteiger partial charge in [-0.15, -0.1) is 0 Å². The predicted octanol–water partition coefficient (Wildman–Crippen LogP) is 6.82. The van der Waals surface area contributed by atoms with Gasteiger partial charge < -0.3 is 15.0 Å². The van der Waals surface area contributed by atoms with Crippen LogP contribution in [0.4, 0.5) is 0 Å². The number of amides is 2. The lowest BCUT2D eigenvalue weighted by Gasteiger charge is -2.32. The summed E-state index contributed by atoms with van der Waals surface area (Å²) in [6, 6.07) is 24.2. The summed E-state index contributed by atoms with van der Waals surface area (Å²) < 4.78 is 6.74. The summed E-state index contributed by atoms with van der Waals surface area (Å²) in [5.41, 5.74) is 1.97. The molecule has 0 aliphatic rings. The molecule has 3 aromatic rings. The minimum atomic E-state index is -0.635. The molecule has 2 amide bonds. The molecule has 0 spiro atoms. The van der Waals surface area contributed by atoms with Gasteiger partial charge in [0.05, 0.1) is 6.61 Å². The zero-order chi connectivity index (χ0) is 26.6. The molecule has 1 N–H and O–H groups in total. The minimum absolute atomic E-state index is 0.0168. The summed E-state index contributed by atoms with van der Waals surface area (Å²) in [4.78, 5) is 28.8. The summed E-state index contributed by atoms with van der Waals surface area (Å²) >= 11 is 9.41. The van der Waals surface area contributed by atoms with Crippen LogP contribution in [0.15, 0.2) is 83.3 Å². The maximum absolute atomic E-state index is 13.6. The molecule has 0 fully saturated rings. The van der Waals surface area contributed by atoms with E-state index in [-0.39, 0.29) is 24.3 Å². The summed E-state index contributed by atoms with van der Waals surface area (Å²) in [5, 5.41) is 3.74. The van der Waals surface area contributed by atoms with E-state index in [1.165, 1.54) is 0 Å². The van der Waals surface area contributed by atoms with Crippen LogP contribution < -0.4 is 10.1 Å². The number of benzene rings is 3. The molecule has 7 heteroatoms. The van der Waals surface area contributed by atoms with Gasteiger partial charge in [-0.3, -0.25) is 9.59 Å². The van der Waals surface area contributed by atoms with Gasteiger partial charge in [-0.25, -0.2) is 0 Å². The molecule has 2 unspecified atom stereocenters. The Morgan fingerprint density at radius 1 is 0.973 bits per heavy atom. The number of rotatable bonds is 13. The second-order valence-electron chi connectivity index (χ2n) is 9.08. The highest BCUT2D eigenvalue weighted by molar-refractivity contribution is 9.10. The standard InChI is InChI=1S/C30H34BrClN2O3/c1-3-22(2)33-30(36)28(20-23-8-5-4-6-9-23)34(21-24-11-13-25(31)14-12-24)29(35)10-7-19-37-27-17-15-26(32)16-18-27/h4-6,8-9,11-18,22,28H,3,7,10,19-21H2,1-2H3,(H,33,36). The van der Waals surface area contributed by atoms with E-state index >= 15 is 0 Å². The zero-order valence-electron chi connectivity index (χ0n) is 21.3. The van der Waals surface area contributed by atoms with E-state index in [0.717, 1.165) is 22.0 Å². The van der Waals surface area contributed by atoms with Crippen LogP contribution in [0.5, 0.6) is 5.75 Å². The van der Waals surface area contributed by atoms with E-state index in [4.69, 9.17) is 16.3 Å². The van der Waals surface area contributed by atoms with E-state index in [0.29, 0.717) is 36.8 Å². The number of carbonyl (C=O) groups excluding carboxylic acids is 2. The van der Waals surface area contributed by atoms with Gasteiger partial charge in [-0.05, 0) is 67.3 Å². The number of nitrogens with one attached hydrogen (secondary N) is 1. The molecule has 3 rings (SSSR count). The molecule has 0 aliphatic carbocycles. The van der Waals surface area contributed by atoms with Gasteiger partial charge >= 0.3 is 0 Å². The lowest BCUT2D eigenvalue weighted by atomic mass is 10.0. The van der Waals surface area contributed by atoms with E-state index in [9.17, 15) is 9.59 Å². The van der Waals surface area contributed by atoms with Gasteiger partial charge in [-0.1, -0.05) is 76.9 Å². The molecule has 196 valence electrons. The molecule has 5 nitrogen and oxygen atoms in total. The molecule has 3 aromatic carbocycles. The van der Waals surface area contributed by atoms with Crippen LogP contribution in [0.3, 0.4) is 0 Å². The van der Waals surface area contributed by atoms with Crippen molar-refractivity contribution >= 4 is 39.3 Å². The number of hydrogen-bond acceptors (Lipinski definition) is 3. The lowest BCUT2D eigenvalue weighted by molar-refractivity contribution is -0.141. The Morgan fingerprint density at radius 2 is 1.65 bits per heavy atom. The van der Waals surface area contributed by atoms with Crippen molar-refractivity contribution in [2.24, 2.45) is 0 Å². The van der Waals surface area contributed by atoms with Crippen molar-refractivity contribution in [3.8, 4) is 5.75 Å². The second-order valence-corrected chi connectivity index (χ2v) is 10.4. The Bertz CT molecular complexity index is 1120.